The van der Waals surface area contributed by atoms with Gasteiger partial charge in [-0.25, -0.2) is 0 Å². The van der Waals surface area contributed by atoms with Crippen molar-refractivity contribution < 1.29 is 14.0 Å². The van der Waals surface area contributed by atoms with Crippen molar-refractivity contribution in [3.05, 3.63) is 54.2 Å². The maximum absolute atomic E-state index is 12.5. The van der Waals surface area contributed by atoms with E-state index in [0.717, 1.165) is 18.5 Å². The SMILES string of the molecule is O=C(NCCc1ccccn1)[C@H]1CCCCN1C(=O)c1ccoc1. The van der Waals surface area contributed by atoms with Gasteiger partial charge < -0.3 is 14.6 Å². The molecule has 0 aliphatic carbocycles. The van der Waals surface area contributed by atoms with Gasteiger partial charge in [-0.2, -0.15) is 0 Å². The predicted molar refractivity (Wildman–Crippen MR) is 88.3 cm³/mol. The third kappa shape index (κ3) is 3.82. The second kappa shape index (κ2) is 7.77. The van der Waals surface area contributed by atoms with Crippen molar-refractivity contribution in [3.8, 4) is 0 Å². The van der Waals surface area contributed by atoms with Crippen molar-refractivity contribution in [2.75, 3.05) is 13.1 Å². The van der Waals surface area contributed by atoms with Gasteiger partial charge in [-0.05, 0) is 37.5 Å². The van der Waals surface area contributed by atoms with Crippen molar-refractivity contribution in [1.29, 1.82) is 0 Å². The average Bonchev–Trinajstić information content (AvgIpc) is 3.16. The lowest BCUT2D eigenvalue weighted by molar-refractivity contribution is -0.126. The third-order valence-electron chi connectivity index (χ3n) is 4.24. The molecule has 3 rings (SSSR count). The summed E-state index contributed by atoms with van der Waals surface area (Å²) in [5.74, 6) is -0.240. The number of aromatic nitrogens is 1. The second-order valence-electron chi connectivity index (χ2n) is 5.88. The minimum absolute atomic E-state index is 0.0949. The number of hydrogen-bond acceptors (Lipinski definition) is 4. The summed E-state index contributed by atoms with van der Waals surface area (Å²) in [7, 11) is 0. The monoisotopic (exact) mass is 327 g/mol. The van der Waals surface area contributed by atoms with Gasteiger partial charge in [0.2, 0.25) is 5.91 Å². The summed E-state index contributed by atoms with van der Waals surface area (Å²) in [6, 6.07) is 6.94. The number of furan rings is 1. The van der Waals surface area contributed by atoms with Crippen LogP contribution in [0.3, 0.4) is 0 Å². The van der Waals surface area contributed by atoms with Crippen LogP contribution < -0.4 is 5.32 Å². The molecule has 2 aromatic heterocycles. The first-order valence-electron chi connectivity index (χ1n) is 8.26. The average molecular weight is 327 g/mol. The molecule has 24 heavy (non-hydrogen) atoms. The Hall–Kier alpha value is -2.63. The smallest absolute Gasteiger partial charge is 0.257 e. The number of piperidine rings is 1. The quantitative estimate of drug-likeness (QED) is 0.912. The van der Waals surface area contributed by atoms with Crippen LogP contribution in [0.4, 0.5) is 0 Å². The third-order valence-corrected chi connectivity index (χ3v) is 4.24. The van der Waals surface area contributed by atoms with E-state index in [1.54, 1.807) is 17.2 Å². The summed E-state index contributed by atoms with van der Waals surface area (Å²) in [4.78, 5) is 31.0. The number of nitrogens with zero attached hydrogens (tertiary/aromatic N) is 2. The highest BCUT2D eigenvalue weighted by Crippen LogP contribution is 2.20. The number of amides is 2. The molecule has 3 heterocycles. The Kier molecular flexibility index (Phi) is 5.25. The van der Waals surface area contributed by atoms with Gasteiger partial charge in [-0.3, -0.25) is 14.6 Å². The zero-order valence-corrected chi connectivity index (χ0v) is 13.5. The zero-order chi connectivity index (χ0) is 16.8. The summed E-state index contributed by atoms with van der Waals surface area (Å²) < 4.78 is 4.98. The van der Waals surface area contributed by atoms with E-state index in [4.69, 9.17) is 4.42 Å². The molecule has 0 bridgehead atoms. The van der Waals surface area contributed by atoms with E-state index >= 15 is 0 Å². The molecule has 0 spiro atoms. The Balaban J connectivity index is 1.58. The minimum atomic E-state index is -0.412. The van der Waals surface area contributed by atoms with Crippen LogP contribution in [0.15, 0.2) is 47.4 Å². The fourth-order valence-corrected chi connectivity index (χ4v) is 2.98. The molecule has 0 saturated carbocycles. The summed E-state index contributed by atoms with van der Waals surface area (Å²) >= 11 is 0. The molecule has 2 amide bonds. The molecule has 1 aliphatic rings. The first kappa shape index (κ1) is 16.2. The van der Waals surface area contributed by atoms with Crippen molar-refractivity contribution in [2.45, 2.75) is 31.7 Å². The van der Waals surface area contributed by atoms with E-state index in [-0.39, 0.29) is 11.8 Å². The van der Waals surface area contributed by atoms with Crippen molar-refractivity contribution in [1.82, 2.24) is 15.2 Å². The summed E-state index contributed by atoms with van der Waals surface area (Å²) in [5.41, 5.74) is 1.43. The largest absolute Gasteiger partial charge is 0.472 e. The maximum Gasteiger partial charge on any atom is 0.257 e. The van der Waals surface area contributed by atoms with E-state index in [2.05, 4.69) is 10.3 Å². The number of nitrogens with one attached hydrogen (secondary N) is 1. The number of rotatable bonds is 5. The number of hydrogen-bond donors (Lipinski definition) is 1. The first-order chi connectivity index (χ1) is 11.8. The molecule has 0 aromatic carbocycles. The Morgan fingerprint density at radius 3 is 2.96 bits per heavy atom. The number of likely N-dealkylation sites (tertiary alicyclic amines) is 1. The number of carbonyl (C=O) groups excluding carboxylic acids is 2. The van der Waals surface area contributed by atoms with E-state index < -0.39 is 6.04 Å². The van der Waals surface area contributed by atoms with Crippen molar-refractivity contribution in [3.63, 3.8) is 0 Å². The van der Waals surface area contributed by atoms with E-state index in [9.17, 15) is 9.59 Å². The lowest BCUT2D eigenvalue weighted by Gasteiger charge is -2.34. The van der Waals surface area contributed by atoms with Crippen LogP contribution in [-0.4, -0.2) is 40.8 Å². The molecule has 1 fully saturated rings. The molecule has 1 atom stereocenters. The van der Waals surface area contributed by atoms with Gasteiger partial charge in [0.15, 0.2) is 0 Å². The van der Waals surface area contributed by atoms with Gasteiger partial charge in [-0.1, -0.05) is 6.07 Å². The van der Waals surface area contributed by atoms with Crippen molar-refractivity contribution >= 4 is 11.8 Å². The Morgan fingerprint density at radius 2 is 2.21 bits per heavy atom. The van der Waals surface area contributed by atoms with E-state index in [1.807, 2.05) is 18.2 Å². The van der Waals surface area contributed by atoms with Crippen molar-refractivity contribution in [2.24, 2.45) is 0 Å². The Morgan fingerprint density at radius 1 is 1.29 bits per heavy atom. The van der Waals surface area contributed by atoms with Gasteiger partial charge in [-0.15, -0.1) is 0 Å². The van der Waals surface area contributed by atoms with Gasteiger partial charge in [0.05, 0.1) is 11.8 Å². The molecular weight excluding hydrogens is 306 g/mol. The lowest BCUT2D eigenvalue weighted by Crippen LogP contribution is -2.52. The highest BCUT2D eigenvalue weighted by Gasteiger charge is 2.32. The molecule has 6 heteroatoms. The molecule has 1 aliphatic heterocycles. The van der Waals surface area contributed by atoms with E-state index in [0.29, 0.717) is 31.5 Å². The Labute approximate surface area is 140 Å². The molecule has 0 radical (unpaired) electrons. The molecule has 126 valence electrons. The van der Waals surface area contributed by atoms with Gasteiger partial charge in [0.1, 0.15) is 12.3 Å². The summed E-state index contributed by atoms with van der Waals surface area (Å²) in [6.07, 6.45) is 7.87. The van der Waals surface area contributed by atoms with E-state index in [1.165, 1.54) is 12.5 Å². The summed E-state index contributed by atoms with van der Waals surface area (Å²) in [6.45, 7) is 1.11. The highest BCUT2D eigenvalue weighted by molar-refractivity contribution is 5.97. The lowest BCUT2D eigenvalue weighted by atomic mass is 10.0. The van der Waals surface area contributed by atoms with Crippen LogP contribution in [0.1, 0.15) is 35.3 Å². The molecule has 2 aromatic rings. The first-order valence-corrected chi connectivity index (χ1v) is 8.26. The second-order valence-corrected chi connectivity index (χ2v) is 5.88. The molecule has 0 unspecified atom stereocenters. The van der Waals surface area contributed by atoms with Crippen LogP contribution in [0.2, 0.25) is 0 Å². The maximum atomic E-state index is 12.5. The molecule has 6 nitrogen and oxygen atoms in total. The van der Waals surface area contributed by atoms with Crippen LogP contribution >= 0.6 is 0 Å². The topological polar surface area (TPSA) is 75.4 Å². The fraction of sp³-hybridized carbons (Fsp3) is 0.389. The summed E-state index contributed by atoms with van der Waals surface area (Å²) in [5, 5.41) is 2.93. The standard InChI is InChI=1S/C18H21N3O3/c22-17(20-10-7-15-5-1-3-9-19-15)16-6-2-4-11-21(16)18(23)14-8-12-24-13-14/h1,3,5,8-9,12-13,16H,2,4,6-7,10-11H2,(H,20,22)/t16-/m1/s1. The molecule has 1 N–H and O–H groups in total. The zero-order valence-electron chi connectivity index (χ0n) is 13.5. The Bertz CT molecular complexity index is 670. The highest BCUT2D eigenvalue weighted by atomic mass is 16.3. The fourth-order valence-electron chi connectivity index (χ4n) is 2.98. The predicted octanol–water partition coefficient (Wildman–Crippen LogP) is 2.03. The van der Waals surface area contributed by atoms with Crippen LogP contribution in [0.25, 0.3) is 0 Å². The van der Waals surface area contributed by atoms with Crippen LogP contribution in [0, 0.1) is 0 Å². The minimum Gasteiger partial charge on any atom is -0.472 e. The molecular formula is C18H21N3O3. The van der Waals surface area contributed by atoms with Gasteiger partial charge in [0.25, 0.3) is 5.91 Å². The normalized spacial score (nSPS) is 17.5. The number of carbonyl (C=O) groups is 2. The van der Waals surface area contributed by atoms with Gasteiger partial charge in [0, 0.05) is 31.4 Å². The van der Waals surface area contributed by atoms with Gasteiger partial charge >= 0.3 is 0 Å². The van der Waals surface area contributed by atoms with Crippen LogP contribution in [0.5, 0.6) is 0 Å². The van der Waals surface area contributed by atoms with Crippen LogP contribution in [-0.2, 0) is 11.2 Å². The number of pyridine rings is 1. The molecule has 1 saturated heterocycles.